The monoisotopic (exact) mass is 487 g/mol. The van der Waals surface area contributed by atoms with Crippen molar-refractivity contribution in [2.24, 2.45) is 0 Å². The molecule has 4 N–H and O–H groups in total. The van der Waals surface area contributed by atoms with Crippen LogP contribution < -0.4 is 10.3 Å². The minimum atomic E-state index is -3.77. The highest BCUT2D eigenvalue weighted by Gasteiger charge is 2.17. The van der Waals surface area contributed by atoms with Gasteiger partial charge < -0.3 is 15.2 Å². The number of benzene rings is 2. The largest absolute Gasteiger partial charge is 0.394 e. The Hall–Kier alpha value is -2.50. The number of H-pyrrole nitrogens is 1. The summed E-state index contributed by atoms with van der Waals surface area (Å²) in [5.41, 5.74) is 4.61. The normalized spacial score (nSPS) is 14.2. The summed E-state index contributed by atoms with van der Waals surface area (Å²) in [7, 11) is -3.77. The molecule has 0 aliphatic heterocycles. The van der Waals surface area contributed by atoms with Crippen LogP contribution in [-0.4, -0.2) is 47.9 Å². The molecule has 1 atom stereocenters. The van der Waals surface area contributed by atoms with E-state index in [-0.39, 0.29) is 17.0 Å². The number of nitrogens with one attached hydrogen (secondary N) is 2. The Labute approximate surface area is 196 Å². The van der Waals surface area contributed by atoms with Crippen LogP contribution in [0.3, 0.4) is 0 Å². The van der Waals surface area contributed by atoms with Gasteiger partial charge in [-0.3, -0.25) is 4.79 Å². The van der Waals surface area contributed by atoms with Gasteiger partial charge in [0.15, 0.2) is 5.16 Å². The predicted octanol–water partition coefficient (Wildman–Crippen LogP) is 1.85. The maximum Gasteiger partial charge on any atom is 0.254 e. The van der Waals surface area contributed by atoms with E-state index in [9.17, 15) is 18.3 Å². The molecule has 1 aromatic heterocycles. The summed E-state index contributed by atoms with van der Waals surface area (Å²) in [6.45, 7) is -0.771. The first kappa shape index (κ1) is 23.7. The smallest absolute Gasteiger partial charge is 0.254 e. The summed E-state index contributed by atoms with van der Waals surface area (Å²) in [6.07, 6.45) is 1.51. The molecule has 0 saturated heterocycles. The molecule has 0 spiro atoms. The van der Waals surface area contributed by atoms with Crippen molar-refractivity contribution in [2.45, 2.75) is 41.2 Å². The van der Waals surface area contributed by atoms with Crippen LogP contribution in [0.25, 0.3) is 11.1 Å². The van der Waals surface area contributed by atoms with Gasteiger partial charge in [-0.2, -0.15) is 0 Å². The van der Waals surface area contributed by atoms with Crippen LogP contribution in [0.15, 0.2) is 63.4 Å². The van der Waals surface area contributed by atoms with E-state index in [4.69, 9.17) is 5.11 Å². The van der Waals surface area contributed by atoms with Gasteiger partial charge in [0.05, 0.1) is 23.3 Å². The fourth-order valence-corrected chi connectivity index (χ4v) is 5.52. The molecule has 0 fully saturated rings. The van der Waals surface area contributed by atoms with Gasteiger partial charge in [-0.25, -0.2) is 18.1 Å². The molecule has 0 unspecified atom stereocenters. The number of hydrogen-bond acceptors (Lipinski definition) is 7. The van der Waals surface area contributed by atoms with Crippen molar-refractivity contribution < 1.29 is 18.6 Å². The van der Waals surface area contributed by atoms with Crippen LogP contribution in [0.4, 0.5) is 0 Å². The van der Waals surface area contributed by atoms with Crippen molar-refractivity contribution in [3.8, 4) is 11.1 Å². The van der Waals surface area contributed by atoms with Gasteiger partial charge in [-0.15, -0.1) is 0 Å². The fourth-order valence-electron chi connectivity index (χ4n) is 3.61. The number of aliphatic hydroxyl groups is 2. The summed E-state index contributed by atoms with van der Waals surface area (Å²) in [5, 5.41) is 18.8. The number of fused-ring (bicyclic) bond motifs is 1. The molecule has 1 aliphatic carbocycles. The number of aromatic amines is 1. The van der Waals surface area contributed by atoms with Gasteiger partial charge in [-0.1, -0.05) is 48.2 Å². The molecular weight excluding hydrogens is 462 g/mol. The maximum atomic E-state index is 12.3. The highest BCUT2D eigenvalue weighted by Crippen LogP contribution is 2.25. The van der Waals surface area contributed by atoms with Crippen LogP contribution in [0.5, 0.6) is 0 Å². The van der Waals surface area contributed by atoms with E-state index >= 15 is 0 Å². The number of hydrogen-bond donors (Lipinski definition) is 4. The second kappa shape index (κ2) is 10.2. The van der Waals surface area contributed by atoms with E-state index in [1.165, 1.54) is 23.9 Å². The van der Waals surface area contributed by atoms with E-state index in [0.717, 1.165) is 47.2 Å². The zero-order valence-corrected chi connectivity index (χ0v) is 19.5. The van der Waals surface area contributed by atoms with Crippen molar-refractivity contribution in [3.63, 3.8) is 0 Å². The lowest BCUT2D eigenvalue weighted by molar-refractivity contribution is 0.0988. The van der Waals surface area contributed by atoms with Crippen molar-refractivity contribution >= 4 is 21.8 Å². The number of nitrogens with zero attached hydrogens (tertiary/aromatic N) is 1. The standard InChI is InChI=1S/C23H25N3O5S2/c27-13-18(28)12-24-33(30,31)19-10-8-17(9-11-19)16-6-4-15(5-7-16)14-32-23-25-21-3-1-2-20(21)22(29)26-23/h4-11,18,24,27-28H,1-3,12-14H2,(H,25,26,29)/t18-/m1/s1. The molecule has 1 aliphatic rings. The number of rotatable bonds is 9. The highest BCUT2D eigenvalue weighted by atomic mass is 32.2. The number of aryl methyl sites for hydroxylation is 1. The molecule has 0 radical (unpaired) electrons. The summed E-state index contributed by atoms with van der Waals surface area (Å²) in [5.74, 6) is 0.671. The Morgan fingerprint density at radius 1 is 1.06 bits per heavy atom. The van der Waals surface area contributed by atoms with Gasteiger partial charge in [0.1, 0.15) is 0 Å². The second-order valence-electron chi connectivity index (χ2n) is 7.85. The summed E-state index contributed by atoms with van der Waals surface area (Å²) in [4.78, 5) is 19.7. The summed E-state index contributed by atoms with van der Waals surface area (Å²) >= 11 is 1.49. The summed E-state index contributed by atoms with van der Waals surface area (Å²) < 4.78 is 26.8. The first-order valence-electron chi connectivity index (χ1n) is 10.6. The van der Waals surface area contributed by atoms with Gasteiger partial charge in [0, 0.05) is 17.9 Å². The van der Waals surface area contributed by atoms with Crippen molar-refractivity contribution in [1.29, 1.82) is 0 Å². The van der Waals surface area contributed by atoms with Gasteiger partial charge in [0.2, 0.25) is 10.0 Å². The molecule has 8 nitrogen and oxygen atoms in total. The molecule has 2 aromatic carbocycles. The Morgan fingerprint density at radius 2 is 1.73 bits per heavy atom. The van der Waals surface area contributed by atoms with E-state index in [0.29, 0.717) is 10.9 Å². The molecule has 10 heteroatoms. The Kier molecular flexibility index (Phi) is 7.30. The molecule has 0 amide bonds. The average Bonchev–Trinajstić information content (AvgIpc) is 3.31. The van der Waals surface area contributed by atoms with Gasteiger partial charge in [-0.05, 0) is 48.1 Å². The highest BCUT2D eigenvalue weighted by molar-refractivity contribution is 7.98. The average molecular weight is 488 g/mol. The SMILES string of the molecule is O=c1[nH]c(SCc2ccc(-c3ccc(S(=O)(=O)NC[C@@H](O)CO)cc3)cc2)nc2c1CCC2. The van der Waals surface area contributed by atoms with E-state index in [2.05, 4.69) is 14.7 Å². The zero-order chi connectivity index (χ0) is 23.4. The number of sulfonamides is 1. The molecule has 3 aromatic rings. The molecule has 0 bridgehead atoms. The quantitative estimate of drug-likeness (QED) is 0.267. The first-order chi connectivity index (χ1) is 15.9. The summed E-state index contributed by atoms with van der Waals surface area (Å²) in [6, 6.07) is 14.4. The maximum absolute atomic E-state index is 12.3. The minimum Gasteiger partial charge on any atom is -0.394 e. The fraction of sp³-hybridized carbons (Fsp3) is 0.304. The number of thioether (sulfide) groups is 1. The second-order valence-corrected chi connectivity index (χ2v) is 10.6. The van der Waals surface area contributed by atoms with Gasteiger partial charge >= 0.3 is 0 Å². The third-order valence-corrected chi connectivity index (χ3v) is 7.85. The van der Waals surface area contributed by atoms with E-state index in [1.807, 2.05) is 24.3 Å². The minimum absolute atomic E-state index is 0.0272. The lowest BCUT2D eigenvalue weighted by atomic mass is 10.0. The van der Waals surface area contributed by atoms with Gasteiger partial charge in [0.25, 0.3) is 5.56 Å². The molecule has 4 rings (SSSR count). The molecule has 0 saturated carbocycles. The lowest BCUT2D eigenvalue weighted by Gasteiger charge is -2.10. The van der Waals surface area contributed by atoms with Crippen LogP contribution >= 0.6 is 11.8 Å². The van der Waals surface area contributed by atoms with E-state index in [1.54, 1.807) is 12.1 Å². The van der Waals surface area contributed by atoms with Crippen LogP contribution in [0.2, 0.25) is 0 Å². The van der Waals surface area contributed by atoms with Crippen molar-refractivity contribution in [3.05, 3.63) is 75.7 Å². The molecule has 33 heavy (non-hydrogen) atoms. The zero-order valence-electron chi connectivity index (χ0n) is 17.8. The number of aromatic nitrogens is 2. The molecular formula is C23H25N3O5S2. The molecule has 174 valence electrons. The van der Waals surface area contributed by atoms with Crippen molar-refractivity contribution in [2.75, 3.05) is 13.2 Å². The Balaban J connectivity index is 1.39. The van der Waals surface area contributed by atoms with Crippen LogP contribution in [0.1, 0.15) is 23.2 Å². The Morgan fingerprint density at radius 3 is 2.39 bits per heavy atom. The third kappa shape index (κ3) is 5.71. The van der Waals surface area contributed by atoms with Crippen LogP contribution in [-0.2, 0) is 28.6 Å². The van der Waals surface area contributed by atoms with E-state index < -0.39 is 22.7 Å². The van der Waals surface area contributed by atoms with Crippen LogP contribution in [0, 0.1) is 0 Å². The molecule has 1 heterocycles. The Bertz CT molecular complexity index is 1270. The number of aliphatic hydroxyl groups excluding tert-OH is 2. The van der Waals surface area contributed by atoms with Crippen molar-refractivity contribution in [1.82, 2.24) is 14.7 Å². The lowest BCUT2D eigenvalue weighted by Crippen LogP contribution is -2.33. The topological polar surface area (TPSA) is 132 Å². The predicted molar refractivity (Wildman–Crippen MR) is 127 cm³/mol. The third-order valence-electron chi connectivity index (χ3n) is 5.47. The first-order valence-corrected chi connectivity index (χ1v) is 13.1.